The second-order valence-corrected chi connectivity index (χ2v) is 6.62. The Kier molecular flexibility index (Phi) is 6.47. The van der Waals surface area contributed by atoms with Crippen LogP contribution in [-0.4, -0.2) is 46.9 Å². The van der Waals surface area contributed by atoms with E-state index in [4.69, 9.17) is 9.57 Å². The fraction of sp³-hybridized carbons (Fsp3) is 0.286. The van der Waals surface area contributed by atoms with Gasteiger partial charge in [0.1, 0.15) is 18.1 Å². The van der Waals surface area contributed by atoms with Gasteiger partial charge in [-0.25, -0.2) is 4.79 Å². The number of rotatable bonds is 5. The molecule has 1 aliphatic rings. The monoisotopic (exact) mass is 436 g/mol. The molecule has 0 saturated carbocycles. The molecule has 1 heterocycles. The van der Waals surface area contributed by atoms with Gasteiger partial charge in [0.2, 0.25) is 0 Å². The van der Waals surface area contributed by atoms with Gasteiger partial charge in [-0.15, -0.1) is 0 Å². The molecule has 2 aromatic carbocycles. The predicted molar refractivity (Wildman–Crippen MR) is 103 cm³/mol. The molecule has 0 radical (unpaired) electrons. The van der Waals surface area contributed by atoms with E-state index in [2.05, 4.69) is 5.16 Å². The van der Waals surface area contributed by atoms with Gasteiger partial charge in [0.15, 0.2) is 6.04 Å². The molecule has 7 nitrogen and oxygen atoms in total. The van der Waals surface area contributed by atoms with Gasteiger partial charge in [0.05, 0.1) is 13.2 Å². The average molecular weight is 436 g/mol. The van der Waals surface area contributed by atoms with Gasteiger partial charge in [-0.1, -0.05) is 47.6 Å². The Labute approximate surface area is 175 Å². The summed E-state index contributed by atoms with van der Waals surface area (Å²) in [6, 6.07) is 11.2. The van der Waals surface area contributed by atoms with Crippen LogP contribution < -0.4 is 0 Å². The molecular weight excluding hydrogens is 417 g/mol. The van der Waals surface area contributed by atoms with Crippen molar-refractivity contribution in [3.63, 3.8) is 0 Å². The highest BCUT2D eigenvalue weighted by Gasteiger charge is 2.50. The quantitative estimate of drug-likeness (QED) is 0.574. The summed E-state index contributed by atoms with van der Waals surface area (Å²) in [6.45, 7) is 0.700. The molecule has 1 atom stereocenters. The number of esters is 1. The van der Waals surface area contributed by atoms with Crippen molar-refractivity contribution in [3.05, 3.63) is 65.2 Å². The number of oxime groups is 1. The molecule has 1 amide bonds. The molecule has 3 rings (SSSR count). The van der Waals surface area contributed by atoms with E-state index in [0.717, 1.165) is 5.56 Å². The first-order chi connectivity index (χ1) is 14.7. The maximum absolute atomic E-state index is 13.2. The Morgan fingerprint density at radius 1 is 1.16 bits per heavy atom. The summed E-state index contributed by atoms with van der Waals surface area (Å²) in [5.74, 6) is -3.58. The van der Waals surface area contributed by atoms with E-state index < -0.39 is 30.6 Å². The first-order valence-electron chi connectivity index (χ1n) is 9.33. The number of phenolic OH excluding ortho intramolecular Hbond substituents is 1. The van der Waals surface area contributed by atoms with E-state index in [1.165, 1.54) is 25.1 Å². The number of amides is 1. The van der Waals surface area contributed by atoms with Gasteiger partial charge in [-0.05, 0) is 24.1 Å². The maximum atomic E-state index is 13.2. The molecule has 0 bridgehead atoms. The molecule has 10 heteroatoms. The SMILES string of the molecule is CCOC(=O)C1c2cccc(O)c2/C(=N/OCc2ccccc2)CN1C(=O)C(F)(F)F. The fourth-order valence-electron chi connectivity index (χ4n) is 3.26. The highest BCUT2D eigenvalue weighted by molar-refractivity contribution is 6.10. The van der Waals surface area contributed by atoms with Crippen LogP contribution in [-0.2, 0) is 25.8 Å². The van der Waals surface area contributed by atoms with Crippen LogP contribution in [0.25, 0.3) is 0 Å². The van der Waals surface area contributed by atoms with E-state index in [1.54, 1.807) is 30.3 Å². The lowest BCUT2D eigenvalue weighted by atomic mass is 9.90. The zero-order valence-corrected chi connectivity index (χ0v) is 16.4. The molecule has 1 unspecified atom stereocenters. The normalized spacial score (nSPS) is 17.2. The van der Waals surface area contributed by atoms with Gasteiger partial charge >= 0.3 is 18.1 Å². The molecule has 0 aliphatic carbocycles. The van der Waals surface area contributed by atoms with Gasteiger partial charge in [-0.2, -0.15) is 13.2 Å². The Hall–Kier alpha value is -3.56. The molecular formula is C21H19F3N2O5. The third kappa shape index (κ3) is 4.79. The highest BCUT2D eigenvalue weighted by atomic mass is 19.4. The van der Waals surface area contributed by atoms with E-state index in [0.29, 0.717) is 4.90 Å². The van der Waals surface area contributed by atoms with Crippen LogP contribution >= 0.6 is 0 Å². The lowest BCUT2D eigenvalue weighted by Crippen LogP contribution is -2.51. The van der Waals surface area contributed by atoms with Crippen molar-refractivity contribution in [2.75, 3.05) is 13.2 Å². The molecule has 164 valence electrons. The molecule has 0 fully saturated rings. The van der Waals surface area contributed by atoms with Crippen LogP contribution in [0.4, 0.5) is 13.2 Å². The zero-order chi connectivity index (χ0) is 22.6. The lowest BCUT2D eigenvalue weighted by Gasteiger charge is -2.36. The molecule has 31 heavy (non-hydrogen) atoms. The molecule has 0 spiro atoms. The standard InChI is InChI=1S/C21H19F3N2O5/c1-2-30-19(28)18-14-9-6-10-16(27)17(14)15(11-26(18)20(29)21(22,23)24)25-31-12-13-7-4-3-5-8-13/h3-10,18,27H,2,11-12H2,1H3/b25-15+. The van der Waals surface area contributed by atoms with Crippen molar-refractivity contribution in [1.82, 2.24) is 4.90 Å². The highest BCUT2D eigenvalue weighted by Crippen LogP contribution is 2.38. The Bertz CT molecular complexity index is 992. The number of alkyl halides is 3. The first kappa shape index (κ1) is 22.1. The Balaban J connectivity index is 2.03. The Morgan fingerprint density at radius 2 is 1.87 bits per heavy atom. The number of phenols is 1. The number of nitrogens with zero attached hydrogens (tertiary/aromatic N) is 2. The number of ether oxygens (including phenoxy) is 1. The van der Waals surface area contributed by atoms with E-state index in [-0.39, 0.29) is 35.8 Å². The van der Waals surface area contributed by atoms with Crippen molar-refractivity contribution in [1.29, 1.82) is 0 Å². The minimum atomic E-state index is -5.23. The van der Waals surface area contributed by atoms with Crippen LogP contribution in [0.2, 0.25) is 0 Å². The van der Waals surface area contributed by atoms with Gasteiger partial charge in [0.25, 0.3) is 0 Å². The third-order valence-corrected chi connectivity index (χ3v) is 4.55. The molecule has 0 aromatic heterocycles. The zero-order valence-electron chi connectivity index (χ0n) is 16.4. The largest absolute Gasteiger partial charge is 0.507 e. The summed E-state index contributed by atoms with van der Waals surface area (Å²) in [4.78, 5) is 30.2. The molecule has 0 saturated heterocycles. The van der Waals surface area contributed by atoms with Crippen LogP contribution in [0, 0.1) is 0 Å². The Morgan fingerprint density at radius 3 is 2.52 bits per heavy atom. The summed E-state index contributed by atoms with van der Waals surface area (Å²) in [7, 11) is 0. The summed E-state index contributed by atoms with van der Waals surface area (Å²) in [5.41, 5.74) is 0.624. The number of fused-ring (bicyclic) bond motifs is 1. The molecule has 1 aliphatic heterocycles. The average Bonchev–Trinajstić information content (AvgIpc) is 2.73. The van der Waals surface area contributed by atoms with E-state index in [1.807, 2.05) is 0 Å². The van der Waals surface area contributed by atoms with Crippen molar-refractivity contribution in [3.8, 4) is 5.75 Å². The fourth-order valence-corrected chi connectivity index (χ4v) is 3.26. The molecule has 1 N–H and O–H groups in total. The van der Waals surface area contributed by atoms with Gasteiger partial charge in [0, 0.05) is 5.56 Å². The maximum Gasteiger partial charge on any atom is 0.471 e. The van der Waals surface area contributed by atoms with E-state index >= 15 is 0 Å². The predicted octanol–water partition coefficient (Wildman–Crippen LogP) is 3.32. The number of halogens is 3. The third-order valence-electron chi connectivity index (χ3n) is 4.55. The van der Waals surface area contributed by atoms with Crippen LogP contribution in [0.15, 0.2) is 53.7 Å². The summed E-state index contributed by atoms with van der Waals surface area (Å²) in [6.07, 6.45) is -5.23. The van der Waals surface area contributed by atoms with Gasteiger partial charge in [-0.3, -0.25) is 4.79 Å². The van der Waals surface area contributed by atoms with Crippen molar-refractivity contribution in [2.45, 2.75) is 25.7 Å². The topological polar surface area (TPSA) is 88.4 Å². The van der Waals surface area contributed by atoms with Crippen LogP contribution in [0.1, 0.15) is 29.7 Å². The molecule has 2 aromatic rings. The number of carbonyl (C=O) groups is 2. The van der Waals surface area contributed by atoms with Crippen molar-refractivity contribution in [2.24, 2.45) is 5.16 Å². The number of aromatic hydroxyl groups is 1. The second kappa shape index (κ2) is 9.07. The number of hydrogen-bond donors (Lipinski definition) is 1. The van der Waals surface area contributed by atoms with Crippen LogP contribution in [0.3, 0.4) is 0 Å². The number of hydrogen-bond acceptors (Lipinski definition) is 6. The van der Waals surface area contributed by atoms with Crippen LogP contribution in [0.5, 0.6) is 5.75 Å². The number of carbonyl (C=O) groups excluding carboxylic acids is 2. The van der Waals surface area contributed by atoms with Gasteiger partial charge < -0.3 is 19.6 Å². The van der Waals surface area contributed by atoms with Crippen molar-refractivity contribution >= 4 is 17.6 Å². The minimum absolute atomic E-state index is 0.0157. The number of benzene rings is 2. The minimum Gasteiger partial charge on any atom is -0.507 e. The smallest absolute Gasteiger partial charge is 0.471 e. The van der Waals surface area contributed by atoms with E-state index in [9.17, 15) is 27.9 Å². The van der Waals surface area contributed by atoms with Crippen molar-refractivity contribution < 1.29 is 37.4 Å². The summed E-state index contributed by atoms with van der Waals surface area (Å²) in [5, 5.41) is 14.2. The lowest BCUT2D eigenvalue weighted by molar-refractivity contribution is -0.190. The second-order valence-electron chi connectivity index (χ2n) is 6.62. The summed E-state index contributed by atoms with van der Waals surface area (Å²) < 4.78 is 44.6. The first-order valence-corrected chi connectivity index (χ1v) is 9.33. The summed E-state index contributed by atoms with van der Waals surface area (Å²) >= 11 is 0.